The van der Waals surface area contributed by atoms with E-state index in [-0.39, 0.29) is 0 Å². The lowest BCUT2D eigenvalue weighted by Gasteiger charge is -2.47. The number of nitrogens with zero attached hydrogens (tertiary/aromatic N) is 2. The van der Waals surface area contributed by atoms with Crippen LogP contribution in [0.1, 0.15) is 67.2 Å². The maximum absolute atomic E-state index is 2.65. The Morgan fingerprint density at radius 2 is 1.45 bits per heavy atom. The van der Waals surface area contributed by atoms with Crippen molar-refractivity contribution in [3.63, 3.8) is 0 Å². The van der Waals surface area contributed by atoms with Crippen molar-refractivity contribution in [3.05, 3.63) is 0 Å². The molecule has 2 heteroatoms. The zero-order valence-corrected chi connectivity index (χ0v) is 16.3. The highest BCUT2D eigenvalue weighted by Crippen LogP contribution is 2.40. The number of rotatable bonds is 4. The van der Waals surface area contributed by atoms with Crippen LogP contribution in [0.2, 0.25) is 0 Å². The summed E-state index contributed by atoms with van der Waals surface area (Å²) in [4.78, 5) is 5.28. The molecule has 0 unspecified atom stereocenters. The molecule has 1 saturated heterocycles. The van der Waals surface area contributed by atoms with Gasteiger partial charge in [0, 0.05) is 32.2 Å². The summed E-state index contributed by atoms with van der Waals surface area (Å²) in [5.41, 5.74) is 0.952. The molecule has 0 bridgehead atoms. The van der Waals surface area contributed by atoms with Crippen molar-refractivity contribution in [2.24, 2.45) is 22.7 Å². The maximum Gasteiger partial charge on any atom is 0.0347 e. The van der Waals surface area contributed by atoms with E-state index in [9.17, 15) is 0 Å². The molecule has 0 aromatic heterocycles. The Kier molecular flexibility index (Phi) is 5.65. The van der Waals surface area contributed by atoms with Crippen LogP contribution in [-0.4, -0.2) is 49.1 Å². The van der Waals surface area contributed by atoms with Gasteiger partial charge in [0.15, 0.2) is 0 Å². The molecule has 130 valence electrons. The van der Waals surface area contributed by atoms with Gasteiger partial charge in [-0.15, -0.1) is 0 Å². The SMILES string of the molecule is CN(CC1CCC(C(C)(C)C)CC1)C1CN(CC(C)(C)C)C1. The first kappa shape index (κ1) is 18.3. The first-order valence-corrected chi connectivity index (χ1v) is 9.47. The van der Waals surface area contributed by atoms with Crippen molar-refractivity contribution in [3.8, 4) is 0 Å². The van der Waals surface area contributed by atoms with Gasteiger partial charge in [-0.2, -0.15) is 0 Å². The third kappa shape index (κ3) is 5.23. The second-order valence-electron chi connectivity index (χ2n) is 10.4. The molecule has 1 aliphatic heterocycles. The highest BCUT2D eigenvalue weighted by Gasteiger charge is 2.34. The molecule has 0 aromatic carbocycles. The standard InChI is InChI=1S/C20H40N2/c1-19(2,3)15-22-13-18(14-22)21(7)12-16-8-10-17(11-9-16)20(4,5)6/h16-18H,8-15H2,1-7H3. The molecule has 1 aliphatic carbocycles. The van der Waals surface area contributed by atoms with Crippen LogP contribution in [0.5, 0.6) is 0 Å². The minimum Gasteiger partial charge on any atom is -0.301 e. The normalized spacial score (nSPS) is 28.9. The van der Waals surface area contributed by atoms with Gasteiger partial charge in [-0.3, -0.25) is 4.90 Å². The van der Waals surface area contributed by atoms with Crippen molar-refractivity contribution in [2.75, 3.05) is 33.2 Å². The van der Waals surface area contributed by atoms with Gasteiger partial charge in [-0.25, -0.2) is 0 Å². The van der Waals surface area contributed by atoms with Gasteiger partial charge in [0.2, 0.25) is 0 Å². The third-order valence-electron chi connectivity index (χ3n) is 5.88. The van der Waals surface area contributed by atoms with Crippen LogP contribution in [-0.2, 0) is 0 Å². The van der Waals surface area contributed by atoms with Crippen LogP contribution in [0.15, 0.2) is 0 Å². The first-order valence-electron chi connectivity index (χ1n) is 9.47. The lowest BCUT2D eigenvalue weighted by atomic mass is 9.70. The van der Waals surface area contributed by atoms with E-state index in [0.717, 1.165) is 17.9 Å². The molecule has 2 fully saturated rings. The molecule has 0 aromatic rings. The fourth-order valence-corrected chi connectivity index (χ4v) is 4.39. The van der Waals surface area contributed by atoms with E-state index in [1.54, 1.807) is 0 Å². The molecule has 0 radical (unpaired) electrons. The van der Waals surface area contributed by atoms with E-state index in [2.05, 4.69) is 58.4 Å². The van der Waals surface area contributed by atoms with Gasteiger partial charge in [0.25, 0.3) is 0 Å². The van der Waals surface area contributed by atoms with E-state index in [0.29, 0.717) is 10.8 Å². The minimum absolute atomic E-state index is 0.439. The highest BCUT2D eigenvalue weighted by molar-refractivity contribution is 4.90. The summed E-state index contributed by atoms with van der Waals surface area (Å²) in [5, 5.41) is 0. The van der Waals surface area contributed by atoms with Crippen molar-refractivity contribution < 1.29 is 0 Å². The summed E-state index contributed by atoms with van der Waals surface area (Å²) >= 11 is 0. The van der Waals surface area contributed by atoms with Gasteiger partial charge in [0.1, 0.15) is 0 Å². The van der Waals surface area contributed by atoms with Crippen molar-refractivity contribution in [1.29, 1.82) is 0 Å². The number of likely N-dealkylation sites (tertiary alicyclic amines) is 1. The second kappa shape index (κ2) is 6.81. The van der Waals surface area contributed by atoms with Gasteiger partial charge >= 0.3 is 0 Å². The van der Waals surface area contributed by atoms with Crippen molar-refractivity contribution >= 4 is 0 Å². The van der Waals surface area contributed by atoms with E-state index in [1.807, 2.05) is 0 Å². The average Bonchev–Trinajstić information content (AvgIpc) is 2.31. The summed E-state index contributed by atoms with van der Waals surface area (Å²) in [5.74, 6) is 1.89. The van der Waals surface area contributed by atoms with Gasteiger partial charge in [0.05, 0.1) is 0 Å². The van der Waals surface area contributed by atoms with Crippen molar-refractivity contribution in [2.45, 2.75) is 73.3 Å². The zero-order valence-electron chi connectivity index (χ0n) is 16.3. The second-order valence-corrected chi connectivity index (χ2v) is 10.4. The Hall–Kier alpha value is -0.0800. The quantitative estimate of drug-likeness (QED) is 0.754. The topological polar surface area (TPSA) is 6.48 Å². The van der Waals surface area contributed by atoms with Gasteiger partial charge in [-0.1, -0.05) is 41.5 Å². The molecule has 1 heterocycles. The summed E-state index contributed by atoms with van der Waals surface area (Å²) in [6.07, 6.45) is 5.79. The van der Waals surface area contributed by atoms with Crippen LogP contribution in [0, 0.1) is 22.7 Å². The summed E-state index contributed by atoms with van der Waals surface area (Å²) in [6.45, 7) is 19.4. The molecule has 0 amide bonds. The van der Waals surface area contributed by atoms with Crippen LogP contribution in [0.3, 0.4) is 0 Å². The van der Waals surface area contributed by atoms with Crippen LogP contribution < -0.4 is 0 Å². The first-order chi connectivity index (χ1) is 10.0. The van der Waals surface area contributed by atoms with E-state index < -0.39 is 0 Å². The molecule has 22 heavy (non-hydrogen) atoms. The molecule has 2 aliphatic rings. The molecule has 2 rings (SSSR count). The van der Waals surface area contributed by atoms with E-state index in [1.165, 1.54) is 51.9 Å². The van der Waals surface area contributed by atoms with Gasteiger partial charge < -0.3 is 4.90 Å². The number of hydrogen-bond acceptors (Lipinski definition) is 2. The molecule has 1 saturated carbocycles. The summed E-state index contributed by atoms with van der Waals surface area (Å²) in [6, 6.07) is 0.808. The van der Waals surface area contributed by atoms with E-state index in [4.69, 9.17) is 0 Å². The average molecular weight is 309 g/mol. The Bertz CT molecular complexity index is 336. The maximum atomic E-state index is 2.65. The monoisotopic (exact) mass is 308 g/mol. The summed E-state index contributed by atoms with van der Waals surface area (Å²) in [7, 11) is 2.36. The lowest BCUT2D eigenvalue weighted by molar-refractivity contribution is 0.0143. The van der Waals surface area contributed by atoms with E-state index >= 15 is 0 Å². The highest BCUT2D eigenvalue weighted by atomic mass is 15.3. The fourth-order valence-electron chi connectivity index (χ4n) is 4.39. The van der Waals surface area contributed by atoms with Crippen LogP contribution >= 0.6 is 0 Å². The summed E-state index contributed by atoms with van der Waals surface area (Å²) < 4.78 is 0. The molecular formula is C20H40N2. The van der Waals surface area contributed by atoms with Crippen LogP contribution in [0.4, 0.5) is 0 Å². The number of likely N-dealkylation sites (N-methyl/N-ethyl adjacent to an activating group) is 1. The predicted octanol–water partition coefficient (Wildman–Crippen LogP) is 4.50. The minimum atomic E-state index is 0.439. The predicted molar refractivity (Wildman–Crippen MR) is 97.2 cm³/mol. The van der Waals surface area contributed by atoms with Crippen LogP contribution in [0.25, 0.3) is 0 Å². The smallest absolute Gasteiger partial charge is 0.0347 e. The van der Waals surface area contributed by atoms with Crippen molar-refractivity contribution in [1.82, 2.24) is 9.80 Å². The lowest BCUT2D eigenvalue weighted by Crippen LogP contribution is -2.60. The van der Waals surface area contributed by atoms with Gasteiger partial charge in [-0.05, 0) is 55.4 Å². The Morgan fingerprint density at radius 1 is 0.909 bits per heavy atom. The molecule has 2 nitrogen and oxygen atoms in total. The molecular weight excluding hydrogens is 268 g/mol. The number of hydrogen-bond donors (Lipinski definition) is 0. The largest absolute Gasteiger partial charge is 0.301 e. The molecule has 0 spiro atoms. The third-order valence-corrected chi connectivity index (χ3v) is 5.88. The Labute approximate surface area is 139 Å². The Balaban J connectivity index is 1.66. The molecule has 0 N–H and O–H groups in total. The Morgan fingerprint density at radius 3 is 1.91 bits per heavy atom. The fraction of sp³-hybridized carbons (Fsp3) is 1.00. The molecule has 0 atom stereocenters. The zero-order chi connectivity index (χ0) is 16.5.